The molecule has 1 heterocycles. The Labute approximate surface area is 85.7 Å². The van der Waals surface area contributed by atoms with Crippen LogP contribution in [0.5, 0.6) is 0 Å². The standard InChI is InChI=1S/C10H20N4/c1-8-7-14(4)12-10(8)9(5-6-11)13(2)3/h7,9H,5-6,11H2,1-4H3. The maximum absolute atomic E-state index is 5.60. The Morgan fingerprint density at radius 1 is 1.57 bits per heavy atom. The number of hydrogen-bond acceptors (Lipinski definition) is 3. The number of aryl methyl sites for hydroxylation is 2. The first kappa shape index (κ1) is 11.2. The third-order valence-corrected chi connectivity index (χ3v) is 2.43. The topological polar surface area (TPSA) is 47.1 Å². The Hall–Kier alpha value is -0.870. The number of nitrogens with zero attached hydrogens (tertiary/aromatic N) is 3. The van der Waals surface area contributed by atoms with Gasteiger partial charge in [0.05, 0.1) is 11.7 Å². The van der Waals surface area contributed by atoms with Crippen molar-refractivity contribution in [3.63, 3.8) is 0 Å². The van der Waals surface area contributed by atoms with Gasteiger partial charge in [0.1, 0.15) is 0 Å². The molecule has 0 saturated carbocycles. The molecule has 0 aliphatic rings. The van der Waals surface area contributed by atoms with E-state index < -0.39 is 0 Å². The zero-order chi connectivity index (χ0) is 10.7. The summed E-state index contributed by atoms with van der Waals surface area (Å²) in [6.45, 7) is 2.79. The van der Waals surface area contributed by atoms with Gasteiger partial charge in [0.25, 0.3) is 0 Å². The van der Waals surface area contributed by atoms with E-state index in [1.165, 1.54) is 5.56 Å². The van der Waals surface area contributed by atoms with Crippen molar-refractivity contribution in [2.45, 2.75) is 19.4 Å². The van der Waals surface area contributed by atoms with Crippen molar-refractivity contribution < 1.29 is 0 Å². The predicted octanol–water partition coefficient (Wildman–Crippen LogP) is 0.680. The molecule has 0 saturated heterocycles. The Kier molecular flexibility index (Phi) is 3.66. The lowest BCUT2D eigenvalue weighted by atomic mass is 10.1. The molecule has 0 aromatic carbocycles. The Bertz CT molecular complexity index is 290. The predicted molar refractivity (Wildman–Crippen MR) is 58.0 cm³/mol. The van der Waals surface area contributed by atoms with Gasteiger partial charge in [0.15, 0.2) is 0 Å². The fourth-order valence-corrected chi connectivity index (χ4v) is 1.75. The Morgan fingerprint density at radius 3 is 2.57 bits per heavy atom. The first-order valence-electron chi connectivity index (χ1n) is 4.93. The van der Waals surface area contributed by atoms with Crippen LogP contribution in [-0.4, -0.2) is 35.3 Å². The molecule has 1 atom stereocenters. The van der Waals surface area contributed by atoms with Gasteiger partial charge in [-0.3, -0.25) is 4.68 Å². The molecule has 0 radical (unpaired) electrons. The summed E-state index contributed by atoms with van der Waals surface area (Å²) >= 11 is 0. The van der Waals surface area contributed by atoms with Gasteiger partial charge < -0.3 is 10.6 Å². The molecule has 2 N–H and O–H groups in total. The highest BCUT2D eigenvalue weighted by atomic mass is 15.3. The van der Waals surface area contributed by atoms with E-state index in [-0.39, 0.29) is 0 Å². The van der Waals surface area contributed by atoms with Gasteiger partial charge in [-0.15, -0.1) is 0 Å². The van der Waals surface area contributed by atoms with Crippen molar-refractivity contribution in [2.75, 3.05) is 20.6 Å². The number of hydrogen-bond donors (Lipinski definition) is 1. The summed E-state index contributed by atoms with van der Waals surface area (Å²) in [7, 11) is 6.08. The van der Waals surface area contributed by atoms with E-state index in [9.17, 15) is 0 Å². The van der Waals surface area contributed by atoms with Crippen LogP contribution < -0.4 is 5.73 Å². The van der Waals surface area contributed by atoms with Crippen LogP contribution in [0.25, 0.3) is 0 Å². The largest absolute Gasteiger partial charge is 0.330 e. The van der Waals surface area contributed by atoms with E-state index in [1.54, 1.807) is 0 Å². The summed E-state index contributed by atoms with van der Waals surface area (Å²) in [6.07, 6.45) is 2.99. The second-order valence-electron chi connectivity index (χ2n) is 3.93. The molecule has 0 aliphatic carbocycles. The minimum atomic E-state index is 0.334. The normalized spacial score (nSPS) is 13.6. The minimum absolute atomic E-state index is 0.334. The number of nitrogens with two attached hydrogens (primary N) is 1. The van der Waals surface area contributed by atoms with Gasteiger partial charge >= 0.3 is 0 Å². The molecule has 0 bridgehead atoms. The summed E-state index contributed by atoms with van der Waals surface area (Å²) in [5.41, 5.74) is 7.98. The molecule has 1 rings (SSSR count). The molecule has 1 aromatic rings. The smallest absolute Gasteiger partial charge is 0.0825 e. The molecule has 0 fully saturated rings. The average molecular weight is 196 g/mol. The lowest BCUT2D eigenvalue weighted by molar-refractivity contribution is 0.279. The lowest BCUT2D eigenvalue weighted by Crippen LogP contribution is -2.23. The van der Waals surface area contributed by atoms with Gasteiger partial charge in [-0.25, -0.2) is 0 Å². The van der Waals surface area contributed by atoms with Gasteiger partial charge in [0, 0.05) is 13.2 Å². The third-order valence-electron chi connectivity index (χ3n) is 2.43. The molecule has 0 aliphatic heterocycles. The molecular weight excluding hydrogens is 176 g/mol. The Balaban J connectivity index is 2.92. The SMILES string of the molecule is Cc1cn(C)nc1C(CCN)N(C)C. The maximum atomic E-state index is 5.60. The van der Waals surface area contributed by atoms with Crippen molar-refractivity contribution in [1.82, 2.24) is 14.7 Å². The van der Waals surface area contributed by atoms with E-state index in [4.69, 9.17) is 5.73 Å². The van der Waals surface area contributed by atoms with E-state index in [0.717, 1.165) is 12.1 Å². The monoisotopic (exact) mass is 196 g/mol. The fourth-order valence-electron chi connectivity index (χ4n) is 1.75. The van der Waals surface area contributed by atoms with Gasteiger partial charge in [-0.2, -0.15) is 5.10 Å². The summed E-state index contributed by atoms with van der Waals surface area (Å²) in [4.78, 5) is 2.17. The molecule has 0 spiro atoms. The zero-order valence-electron chi connectivity index (χ0n) is 9.49. The van der Waals surface area contributed by atoms with Crippen LogP contribution in [-0.2, 0) is 7.05 Å². The highest BCUT2D eigenvalue weighted by Gasteiger charge is 2.18. The van der Waals surface area contributed by atoms with Crippen LogP contribution in [0.4, 0.5) is 0 Å². The van der Waals surface area contributed by atoms with Crippen LogP contribution in [0.1, 0.15) is 23.7 Å². The molecule has 80 valence electrons. The Morgan fingerprint density at radius 2 is 2.21 bits per heavy atom. The molecule has 0 amide bonds. The fraction of sp³-hybridized carbons (Fsp3) is 0.700. The average Bonchev–Trinajstić information content (AvgIpc) is 2.40. The minimum Gasteiger partial charge on any atom is -0.330 e. The highest BCUT2D eigenvalue weighted by Crippen LogP contribution is 2.22. The van der Waals surface area contributed by atoms with E-state index in [1.807, 2.05) is 17.9 Å². The van der Waals surface area contributed by atoms with Crippen LogP contribution in [0, 0.1) is 6.92 Å². The summed E-state index contributed by atoms with van der Waals surface area (Å²) in [5.74, 6) is 0. The molecule has 14 heavy (non-hydrogen) atoms. The van der Waals surface area contributed by atoms with Gasteiger partial charge in [-0.1, -0.05) is 0 Å². The van der Waals surface area contributed by atoms with Crippen LogP contribution in [0.3, 0.4) is 0 Å². The first-order valence-corrected chi connectivity index (χ1v) is 4.93. The van der Waals surface area contributed by atoms with E-state index in [2.05, 4.69) is 31.0 Å². The van der Waals surface area contributed by atoms with Crippen LogP contribution in [0.2, 0.25) is 0 Å². The maximum Gasteiger partial charge on any atom is 0.0825 e. The zero-order valence-corrected chi connectivity index (χ0v) is 9.49. The van der Waals surface area contributed by atoms with Crippen molar-refractivity contribution in [3.05, 3.63) is 17.5 Å². The molecule has 1 aromatic heterocycles. The van der Waals surface area contributed by atoms with Gasteiger partial charge in [0.2, 0.25) is 0 Å². The van der Waals surface area contributed by atoms with Gasteiger partial charge in [-0.05, 0) is 39.5 Å². The molecule has 1 unspecified atom stereocenters. The second-order valence-corrected chi connectivity index (χ2v) is 3.93. The first-order chi connectivity index (χ1) is 6.56. The summed E-state index contributed by atoms with van der Waals surface area (Å²) in [5, 5.41) is 4.47. The van der Waals surface area contributed by atoms with Crippen molar-refractivity contribution >= 4 is 0 Å². The van der Waals surface area contributed by atoms with E-state index in [0.29, 0.717) is 12.6 Å². The van der Waals surface area contributed by atoms with Crippen molar-refractivity contribution in [1.29, 1.82) is 0 Å². The molecule has 4 nitrogen and oxygen atoms in total. The third kappa shape index (κ3) is 2.33. The summed E-state index contributed by atoms with van der Waals surface area (Å²) in [6, 6.07) is 0.334. The van der Waals surface area contributed by atoms with E-state index >= 15 is 0 Å². The number of rotatable bonds is 4. The van der Waals surface area contributed by atoms with Crippen molar-refractivity contribution in [3.8, 4) is 0 Å². The lowest BCUT2D eigenvalue weighted by Gasteiger charge is -2.22. The molecule has 4 heteroatoms. The molecular formula is C10H20N4. The van der Waals surface area contributed by atoms with Crippen LogP contribution >= 0.6 is 0 Å². The van der Waals surface area contributed by atoms with Crippen LogP contribution in [0.15, 0.2) is 6.20 Å². The quantitative estimate of drug-likeness (QED) is 0.770. The number of aromatic nitrogens is 2. The second kappa shape index (κ2) is 4.57. The summed E-state index contributed by atoms with van der Waals surface area (Å²) < 4.78 is 1.86. The highest BCUT2D eigenvalue weighted by molar-refractivity contribution is 5.18. The van der Waals surface area contributed by atoms with Crippen molar-refractivity contribution in [2.24, 2.45) is 12.8 Å².